The van der Waals surface area contributed by atoms with Crippen molar-refractivity contribution < 1.29 is 23.9 Å². The van der Waals surface area contributed by atoms with Crippen molar-refractivity contribution in [3.63, 3.8) is 0 Å². The van der Waals surface area contributed by atoms with Crippen molar-refractivity contribution in [1.82, 2.24) is 5.32 Å². The summed E-state index contributed by atoms with van der Waals surface area (Å²) in [6.45, 7) is 3.27. The fraction of sp³-hybridized carbons (Fsp3) is 0.111. The summed E-state index contributed by atoms with van der Waals surface area (Å²) in [5, 5.41) is 5.31. The molecule has 0 aliphatic carbocycles. The van der Waals surface area contributed by atoms with Crippen LogP contribution in [0.5, 0.6) is 5.75 Å². The molecule has 8 nitrogen and oxygen atoms in total. The number of anilines is 2. The van der Waals surface area contributed by atoms with Crippen LogP contribution < -0.4 is 20.3 Å². The highest BCUT2D eigenvalue weighted by molar-refractivity contribution is 9.10. The summed E-state index contributed by atoms with van der Waals surface area (Å²) in [6.07, 6.45) is 1.32. The van der Waals surface area contributed by atoms with Crippen molar-refractivity contribution in [2.45, 2.75) is 13.8 Å². The van der Waals surface area contributed by atoms with Gasteiger partial charge in [0.1, 0.15) is 11.3 Å². The Labute approximate surface area is 226 Å². The zero-order chi connectivity index (χ0) is 26.7. The monoisotopic (exact) mass is 581 g/mol. The second kappa shape index (κ2) is 11.0. The van der Waals surface area contributed by atoms with Crippen molar-refractivity contribution >= 4 is 68.7 Å². The number of urea groups is 1. The highest BCUT2D eigenvalue weighted by atomic mass is 79.9. The van der Waals surface area contributed by atoms with Gasteiger partial charge in [0.05, 0.1) is 5.69 Å². The second-order valence-corrected chi connectivity index (χ2v) is 9.55. The van der Waals surface area contributed by atoms with Gasteiger partial charge < -0.3 is 10.1 Å². The third-order valence-electron chi connectivity index (χ3n) is 5.51. The summed E-state index contributed by atoms with van der Waals surface area (Å²) in [5.74, 6) is -1.79. The van der Waals surface area contributed by atoms with E-state index in [-0.39, 0.29) is 29.5 Å². The molecule has 3 aromatic carbocycles. The molecule has 3 aromatic rings. The summed E-state index contributed by atoms with van der Waals surface area (Å²) in [7, 11) is 0. The standard InChI is InChI=1S/C27H21BrClN3O5/c1-15-5-3-6-19(11-15)30-24(33)14-37-23-10-9-18(28)12-17(23)13-20-25(34)31-27(36)32(26(20)35)22-8-4-7-21(29)16(22)2/h3-13H,14H2,1-2H3,(H,30,33)(H,31,34,36)/b20-13+. The third-order valence-corrected chi connectivity index (χ3v) is 6.42. The molecule has 0 spiro atoms. The fourth-order valence-electron chi connectivity index (χ4n) is 3.70. The summed E-state index contributed by atoms with van der Waals surface area (Å²) in [5.41, 5.74) is 2.47. The highest BCUT2D eigenvalue weighted by Gasteiger charge is 2.37. The lowest BCUT2D eigenvalue weighted by molar-refractivity contribution is -0.122. The number of carbonyl (C=O) groups is 4. The number of hydrogen-bond acceptors (Lipinski definition) is 5. The topological polar surface area (TPSA) is 105 Å². The molecule has 1 saturated heterocycles. The van der Waals surface area contributed by atoms with Crippen LogP contribution in [0.4, 0.5) is 16.2 Å². The maximum Gasteiger partial charge on any atom is 0.335 e. The van der Waals surface area contributed by atoms with Crippen LogP contribution in [0, 0.1) is 13.8 Å². The number of hydrogen-bond donors (Lipinski definition) is 2. The van der Waals surface area contributed by atoms with Gasteiger partial charge in [0.15, 0.2) is 6.61 Å². The molecule has 0 radical (unpaired) electrons. The molecule has 1 aliphatic rings. The second-order valence-electron chi connectivity index (χ2n) is 8.23. The van der Waals surface area contributed by atoms with Gasteiger partial charge in [-0.15, -0.1) is 0 Å². The predicted molar refractivity (Wildman–Crippen MR) is 145 cm³/mol. The molecular weight excluding hydrogens is 562 g/mol. The number of ether oxygens (including phenoxy) is 1. The number of amides is 5. The lowest BCUT2D eigenvalue weighted by atomic mass is 10.0. The lowest BCUT2D eigenvalue weighted by Crippen LogP contribution is -2.54. The average Bonchev–Trinajstić information content (AvgIpc) is 2.83. The molecule has 1 heterocycles. The molecule has 188 valence electrons. The Bertz CT molecular complexity index is 1470. The highest BCUT2D eigenvalue weighted by Crippen LogP contribution is 2.31. The minimum Gasteiger partial charge on any atom is -0.483 e. The normalized spacial score (nSPS) is 14.5. The van der Waals surface area contributed by atoms with Gasteiger partial charge in [0.2, 0.25) is 0 Å². The van der Waals surface area contributed by atoms with E-state index in [2.05, 4.69) is 26.6 Å². The summed E-state index contributed by atoms with van der Waals surface area (Å²) in [6, 6.07) is 16.2. The van der Waals surface area contributed by atoms with Crippen molar-refractivity contribution in [2.24, 2.45) is 0 Å². The first kappa shape index (κ1) is 26.1. The van der Waals surface area contributed by atoms with Crippen LogP contribution in [0.25, 0.3) is 6.08 Å². The molecule has 0 atom stereocenters. The Morgan fingerprint density at radius 2 is 1.84 bits per heavy atom. The van der Waals surface area contributed by atoms with Crippen molar-refractivity contribution in [1.29, 1.82) is 0 Å². The van der Waals surface area contributed by atoms with E-state index < -0.39 is 17.8 Å². The van der Waals surface area contributed by atoms with E-state index in [1.165, 1.54) is 6.08 Å². The maximum atomic E-state index is 13.3. The molecule has 1 fully saturated rings. The first-order valence-electron chi connectivity index (χ1n) is 11.1. The maximum absolute atomic E-state index is 13.3. The van der Waals surface area contributed by atoms with Gasteiger partial charge >= 0.3 is 6.03 Å². The summed E-state index contributed by atoms with van der Waals surface area (Å²) in [4.78, 5) is 51.8. The first-order valence-corrected chi connectivity index (χ1v) is 12.3. The van der Waals surface area contributed by atoms with Crippen molar-refractivity contribution in [3.8, 4) is 5.75 Å². The molecule has 0 bridgehead atoms. The summed E-state index contributed by atoms with van der Waals surface area (Å²) >= 11 is 9.54. The van der Waals surface area contributed by atoms with E-state index in [0.29, 0.717) is 26.3 Å². The van der Waals surface area contributed by atoms with Gasteiger partial charge in [-0.1, -0.05) is 45.7 Å². The minimum absolute atomic E-state index is 0.256. The number of rotatable bonds is 6. The number of nitrogens with one attached hydrogen (secondary N) is 2. The molecular formula is C27H21BrClN3O5. The van der Waals surface area contributed by atoms with Crippen LogP contribution in [-0.2, 0) is 14.4 Å². The average molecular weight is 583 g/mol. The number of carbonyl (C=O) groups excluding carboxylic acids is 4. The van der Waals surface area contributed by atoms with Gasteiger partial charge in [-0.2, -0.15) is 0 Å². The van der Waals surface area contributed by atoms with E-state index in [1.807, 2.05) is 25.1 Å². The number of aryl methyl sites for hydroxylation is 1. The van der Waals surface area contributed by atoms with Crippen molar-refractivity contribution in [3.05, 3.63) is 92.4 Å². The number of barbiturate groups is 1. The zero-order valence-electron chi connectivity index (χ0n) is 19.8. The van der Waals surface area contributed by atoms with Crippen LogP contribution in [0.2, 0.25) is 5.02 Å². The molecule has 0 saturated carbocycles. The number of imide groups is 2. The van der Waals surface area contributed by atoms with Crippen LogP contribution in [0.3, 0.4) is 0 Å². The molecule has 10 heteroatoms. The van der Waals surface area contributed by atoms with E-state index in [1.54, 1.807) is 49.4 Å². The quantitative estimate of drug-likeness (QED) is 0.299. The molecule has 37 heavy (non-hydrogen) atoms. The Morgan fingerprint density at radius 1 is 1.08 bits per heavy atom. The Hall–Kier alpha value is -3.95. The van der Waals surface area contributed by atoms with Gasteiger partial charge in [-0.25, -0.2) is 9.69 Å². The zero-order valence-corrected chi connectivity index (χ0v) is 22.1. The number of halogens is 2. The van der Waals surface area contributed by atoms with Crippen molar-refractivity contribution in [2.75, 3.05) is 16.8 Å². The fourth-order valence-corrected chi connectivity index (χ4v) is 4.25. The molecule has 5 amide bonds. The number of nitrogens with zero attached hydrogens (tertiary/aromatic N) is 1. The molecule has 2 N–H and O–H groups in total. The van der Waals surface area contributed by atoms with E-state index in [0.717, 1.165) is 10.5 Å². The molecule has 0 aromatic heterocycles. The van der Waals surface area contributed by atoms with Crippen LogP contribution in [0.1, 0.15) is 16.7 Å². The van der Waals surface area contributed by atoms with E-state index in [4.69, 9.17) is 16.3 Å². The lowest BCUT2D eigenvalue weighted by Gasteiger charge is -2.27. The van der Waals surface area contributed by atoms with Gasteiger partial charge in [-0.05, 0) is 73.5 Å². The van der Waals surface area contributed by atoms with Crippen LogP contribution >= 0.6 is 27.5 Å². The largest absolute Gasteiger partial charge is 0.483 e. The summed E-state index contributed by atoms with van der Waals surface area (Å²) < 4.78 is 6.37. The third kappa shape index (κ3) is 5.90. The van der Waals surface area contributed by atoms with Crippen LogP contribution in [0.15, 0.2) is 70.7 Å². The Balaban J connectivity index is 1.61. The molecule has 4 rings (SSSR count). The van der Waals surface area contributed by atoms with Gasteiger partial charge in [0.25, 0.3) is 17.7 Å². The van der Waals surface area contributed by atoms with E-state index >= 15 is 0 Å². The van der Waals surface area contributed by atoms with Gasteiger partial charge in [-0.3, -0.25) is 19.7 Å². The minimum atomic E-state index is -0.879. The van der Waals surface area contributed by atoms with Crippen LogP contribution in [-0.4, -0.2) is 30.4 Å². The first-order chi connectivity index (χ1) is 17.6. The molecule has 0 unspecified atom stereocenters. The SMILES string of the molecule is Cc1cccc(NC(=O)COc2ccc(Br)cc2/C=C2\C(=O)NC(=O)N(c3cccc(Cl)c3C)C2=O)c1. The van der Waals surface area contributed by atoms with Gasteiger partial charge in [0, 0.05) is 20.7 Å². The van der Waals surface area contributed by atoms with E-state index in [9.17, 15) is 19.2 Å². The smallest absolute Gasteiger partial charge is 0.335 e. The molecule has 1 aliphatic heterocycles. The Kier molecular flexibility index (Phi) is 7.75. The predicted octanol–water partition coefficient (Wildman–Crippen LogP) is 5.40. The Morgan fingerprint density at radius 3 is 2.59 bits per heavy atom. The number of benzene rings is 3.